The highest BCUT2D eigenvalue weighted by Crippen LogP contribution is 2.57. The van der Waals surface area contributed by atoms with Crippen molar-refractivity contribution in [2.75, 3.05) is 30.4 Å². The highest BCUT2D eigenvalue weighted by Gasteiger charge is 2.58. The van der Waals surface area contributed by atoms with Crippen LogP contribution in [0.2, 0.25) is 5.02 Å². The lowest BCUT2D eigenvalue weighted by Crippen LogP contribution is -2.51. The van der Waals surface area contributed by atoms with Gasteiger partial charge in [0.15, 0.2) is 11.6 Å². The molecule has 0 amide bonds. The molecule has 0 bridgehead atoms. The number of aliphatic hydroxyl groups excluding tert-OH is 1. The molecule has 1 saturated carbocycles. The first kappa shape index (κ1) is 22.3. The smallest absolute Gasteiger partial charge is 0.227 e. The normalized spacial score (nSPS) is 25.7. The van der Waals surface area contributed by atoms with Gasteiger partial charge in [0.05, 0.1) is 18.3 Å². The standard InChI is InChI=1S/C22H34ClN7O/c1-13-10-16(29-28-13)26-19-14(23)12-25-20(27-19)30(5)17-15(31)11-22(6-8-24-9-7-22)18(17)21(2,3)4/h10,12,15,17-18,24,31H,6-9,11H2,1-5H3,(H2,25,26,27,28,29). The van der Waals surface area contributed by atoms with E-state index in [0.29, 0.717) is 28.5 Å². The zero-order chi connectivity index (χ0) is 22.4. The SMILES string of the molecule is Cc1cc(Nc2nc(N(C)C3C(O)CC4(CCNCC4)C3C(C)(C)C)ncc2Cl)n[nH]1. The van der Waals surface area contributed by atoms with Gasteiger partial charge in [0, 0.05) is 18.8 Å². The number of aromatic amines is 1. The number of nitrogens with one attached hydrogen (secondary N) is 3. The molecule has 8 nitrogen and oxygen atoms in total. The van der Waals surface area contributed by atoms with Crippen molar-refractivity contribution in [3.63, 3.8) is 0 Å². The Labute approximate surface area is 189 Å². The molecule has 2 fully saturated rings. The van der Waals surface area contributed by atoms with Gasteiger partial charge < -0.3 is 20.6 Å². The molecule has 4 N–H and O–H groups in total. The van der Waals surface area contributed by atoms with E-state index in [1.807, 2.05) is 20.0 Å². The Bertz CT molecular complexity index is 919. The van der Waals surface area contributed by atoms with Crippen molar-refractivity contribution in [3.05, 3.63) is 23.0 Å². The highest BCUT2D eigenvalue weighted by molar-refractivity contribution is 6.32. The zero-order valence-corrected chi connectivity index (χ0v) is 19.8. The summed E-state index contributed by atoms with van der Waals surface area (Å²) in [6, 6.07) is 1.82. The number of hydrogen-bond acceptors (Lipinski definition) is 7. The Balaban J connectivity index is 1.66. The van der Waals surface area contributed by atoms with Crippen LogP contribution >= 0.6 is 11.6 Å². The van der Waals surface area contributed by atoms with Gasteiger partial charge >= 0.3 is 0 Å². The maximum atomic E-state index is 11.3. The molecule has 31 heavy (non-hydrogen) atoms. The average Bonchev–Trinajstić information content (AvgIpc) is 3.23. The predicted molar refractivity (Wildman–Crippen MR) is 124 cm³/mol. The number of aliphatic hydroxyl groups is 1. The lowest BCUT2D eigenvalue weighted by molar-refractivity contribution is 0.0460. The molecule has 3 unspecified atom stereocenters. The Morgan fingerprint density at radius 1 is 1.29 bits per heavy atom. The van der Waals surface area contributed by atoms with Gasteiger partial charge in [0.2, 0.25) is 5.95 Å². The summed E-state index contributed by atoms with van der Waals surface area (Å²) in [5.74, 6) is 2.01. The van der Waals surface area contributed by atoms with E-state index in [9.17, 15) is 5.11 Å². The molecule has 1 aliphatic heterocycles. The summed E-state index contributed by atoms with van der Waals surface area (Å²) >= 11 is 6.36. The summed E-state index contributed by atoms with van der Waals surface area (Å²) in [5, 5.41) is 25.4. The Hall–Kier alpha value is -1.90. The minimum absolute atomic E-state index is 0.0355. The van der Waals surface area contributed by atoms with Crippen LogP contribution in [0.25, 0.3) is 0 Å². The number of rotatable bonds is 4. The second kappa shape index (κ2) is 8.22. The van der Waals surface area contributed by atoms with Gasteiger partial charge in [-0.3, -0.25) is 5.10 Å². The molecule has 1 saturated heterocycles. The fourth-order valence-corrected chi connectivity index (χ4v) is 6.09. The molecule has 0 radical (unpaired) electrons. The van der Waals surface area contributed by atoms with Crippen molar-refractivity contribution in [1.29, 1.82) is 0 Å². The van der Waals surface area contributed by atoms with Gasteiger partial charge in [-0.15, -0.1) is 0 Å². The Morgan fingerprint density at radius 2 is 2.00 bits per heavy atom. The monoisotopic (exact) mass is 447 g/mol. The third-order valence-electron chi connectivity index (χ3n) is 6.99. The van der Waals surface area contributed by atoms with Gasteiger partial charge in [-0.05, 0) is 56.0 Å². The van der Waals surface area contributed by atoms with Gasteiger partial charge in [-0.25, -0.2) is 4.98 Å². The van der Waals surface area contributed by atoms with E-state index >= 15 is 0 Å². The van der Waals surface area contributed by atoms with E-state index in [4.69, 9.17) is 16.6 Å². The molecule has 2 aromatic heterocycles. The molecule has 1 aliphatic carbocycles. The average molecular weight is 448 g/mol. The maximum absolute atomic E-state index is 11.3. The third kappa shape index (κ3) is 4.25. The second-order valence-electron chi connectivity index (χ2n) is 10.3. The number of halogens is 1. The molecule has 170 valence electrons. The number of nitrogens with zero attached hydrogens (tertiary/aromatic N) is 4. The summed E-state index contributed by atoms with van der Waals surface area (Å²) in [5.41, 5.74) is 1.11. The van der Waals surface area contributed by atoms with Crippen molar-refractivity contribution < 1.29 is 5.11 Å². The maximum Gasteiger partial charge on any atom is 0.227 e. The molecule has 0 aromatic carbocycles. The molecular weight excluding hydrogens is 414 g/mol. The van der Waals surface area contributed by atoms with E-state index in [2.05, 4.69) is 51.5 Å². The minimum Gasteiger partial charge on any atom is -0.391 e. The van der Waals surface area contributed by atoms with E-state index in [0.717, 1.165) is 38.0 Å². The summed E-state index contributed by atoms with van der Waals surface area (Å²) in [6.45, 7) is 10.8. The highest BCUT2D eigenvalue weighted by atomic mass is 35.5. The third-order valence-corrected chi connectivity index (χ3v) is 7.27. The summed E-state index contributed by atoms with van der Waals surface area (Å²) < 4.78 is 0. The molecule has 1 spiro atoms. The van der Waals surface area contributed by atoms with Crippen LogP contribution in [0, 0.1) is 23.7 Å². The molecule has 9 heteroatoms. The first-order valence-electron chi connectivity index (χ1n) is 11.0. The van der Waals surface area contributed by atoms with Crippen LogP contribution in [0.15, 0.2) is 12.3 Å². The van der Waals surface area contributed by atoms with E-state index in [-0.39, 0.29) is 16.9 Å². The van der Waals surface area contributed by atoms with Crippen LogP contribution in [0.1, 0.15) is 45.7 Å². The van der Waals surface area contributed by atoms with Gasteiger partial charge in [-0.2, -0.15) is 10.1 Å². The van der Waals surface area contributed by atoms with Crippen LogP contribution in [-0.4, -0.2) is 57.6 Å². The largest absolute Gasteiger partial charge is 0.391 e. The zero-order valence-electron chi connectivity index (χ0n) is 19.0. The quantitative estimate of drug-likeness (QED) is 0.568. The summed E-state index contributed by atoms with van der Waals surface area (Å²) in [4.78, 5) is 11.3. The molecule has 4 rings (SSSR count). The van der Waals surface area contributed by atoms with E-state index in [1.54, 1.807) is 6.20 Å². The fraction of sp³-hybridized carbons (Fsp3) is 0.682. The molecule has 2 aromatic rings. The van der Waals surface area contributed by atoms with Gasteiger partial charge in [0.25, 0.3) is 0 Å². The number of hydrogen-bond donors (Lipinski definition) is 4. The van der Waals surface area contributed by atoms with E-state index < -0.39 is 6.10 Å². The second-order valence-corrected chi connectivity index (χ2v) is 10.7. The predicted octanol–water partition coefficient (Wildman–Crippen LogP) is 3.51. The van der Waals surface area contributed by atoms with Crippen LogP contribution in [0.4, 0.5) is 17.6 Å². The molecular formula is C22H34ClN7O. The first-order valence-corrected chi connectivity index (χ1v) is 11.4. The molecule has 3 heterocycles. The van der Waals surface area contributed by atoms with Crippen LogP contribution in [0.3, 0.4) is 0 Å². The number of likely N-dealkylation sites (N-methyl/N-ethyl adjacent to an activating group) is 1. The Morgan fingerprint density at radius 3 is 2.61 bits per heavy atom. The first-order chi connectivity index (χ1) is 14.6. The van der Waals surface area contributed by atoms with Crippen molar-refractivity contribution in [2.24, 2.45) is 16.7 Å². The van der Waals surface area contributed by atoms with Crippen LogP contribution in [-0.2, 0) is 0 Å². The number of piperidine rings is 1. The number of aromatic nitrogens is 4. The lowest BCUT2D eigenvalue weighted by atomic mass is 9.61. The van der Waals surface area contributed by atoms with Crippen molar-refractivity contribution in [1.82, 2.24) is 25.5 Å². The Kier molecular flexibility index (Phi) is 5.91. The van der Waals surface area contributed by atoms with Crippen LogP contribution < -0.4 is 15.5 Å². The van der Waals surface area contributed by atoms with Crippen molar-refractivity contribution in [3.8, 4) is 0 Å². The van der Waals surface area contributed by atoms with E-state index in [1.165, 1.54) is 0 Å². The minimum atomic E-state index is -0.433. The summed E-state index contributed by atoms with van der Waals surface area (Å²) in [7, 11) is 1.98. The van der Waals surface area contributed by atoms with Crippen molar-refractivity contribution in [2.45, 2.75) is 59.1 Å². The van der Waals surface area contributed by atoms with Gasteiger partial charge in [0.1, 0.15) is 5.02 Å². The molecule has 3 atom stereocenters. The molecule has 2 aliphatic rings. The van der Waals surface area contributed by atoms with Crippen molar-refractivity contribution >= 4 is 29.2 Å². The lowest BCUT2D eigenvalue weighted by Gasteiger charge is -2.48. The van der Waals surface area contributed by atoms with Crippen LogP contribution in [0.5, 0.6) is 0 Å². The number of H-pyrrole nitrogens is 1. The number of aryl methyl sites for hydroxylation is 1. The van der Waals surface area contributed by atoms with Gasteiger partial charge in [-0.1, -0.05) is 32.4 Å². The fourth-order valence-electron chi connectivity index (χ4n) is 5.95. The number of anilines is 3. The topological polar surface area (TPSA) is 102 Å². The summed E-state index contributed by atoms with van der Waals surface area (Å²) in [6.07, 6.45) is 4.16.